The summed E-state index contributed by atoms with van der Waals surface area (Å²) in [6.07, 6.45) is 0.365. The Bertz CT molecular complexity index is 611. The van der Waals surface area contributed by atoms with E-state index in [2.05, 4.69) is 9.84 Å². The van der Waals surface area contributed by atoms with Crippen LogP contribution in [0.5, 0.6) is 0 Å². The predicted molar refractivity (Wildman–Crippen MR) is 83.5 cm³/mol. The third kappa shape index (κ3) is 3.65. The van der Waals surface area contributed by atoms with Gasteiger partial charge in [0.2, 0.25) is 0 Å². The summed E-state index contributed by atoms with van der Waals surface area (Å²) in [5.74, 6) is 0.428. The Kier molecular flexibility index (Phi) is 5.41. The number of hydrogen-bond donors (Lipinski definition) is 1. The number of methoxy groups -OCH3 is 1. The molecular formula is C15H19N3O2S. The molecular weight excluding hydrogens is 286 g/mol. The smallest absolute Gasteiger partial charge is 0.306 e. The third-order valence-electron chi connectivity index (χ3n) is 3.11. The number of nitrogens with zero attached hydrogens (tertiary/aromatic N) is 2. The van der Waals surface area contributed by atoms with Crippen molar-refractivity contribution < 1.29 is 9.53 Å². The second kappa shape index (κ2) is 7.28. The third-order valence-corrected chi connectivity index (χ3v) is 4.22. The van der Waals surface area contributed by atoms with Gasteiger partial charge in [-0.1, -0.05) is 18.2 Å². The van der Waals surface area contributed by atoms with Crippen molar-refractivity contribution >= 4 is 17.7 Å². The van der Waals surface area contributed by atoms with Crippen molar-refractivity contribution in [3.05, 3.63) is 41.6 Å². The minimum absolute atomic E-state index is 0.209. The minimum Gasteiger partial charge on any atom is -0.469 e. The van der Waals surface area contributed by atoms with Gasteiger partial charge in [0.25, 0.3) is 0 Å². The topological polar surface area (TPSA) is 70.1 Å². The highest BCUT2D eigenvalue weighted by Gasteiger charge is 2.16. The predicted octanol–water partition coefficient (Wildman–Crippen LogP) is 2.29. The van der Waals surface area contributed by atoms with Gasteiger partial charge in [0.1, 0.15) is 5.03 Å². The number of rotatable bonds is 6. The fourth-order valence-electron chi connectivity index (χ4n) is 2.00. The van der Waals surface area contributed by atoms with Gasteiger partial charge in [-0.25, -0.2) is 4.68 Å². The van der Waals surface area contributed by atoms with Crippen LogP contribution in [0.25, 0.3) is 5.69 Å². The maximum atomic E-state index is 11.2. The van der Waals surface area contributed by atoms with Crippen LogP contribution < -0.4 is 5.73 Å². The highest BCUT2D eigenvalue weighted by atomic mass is 32.2. The molecule has 0 spiro atoms. The van der Waals surface area contributed by atoms with Crippen molar-refractivity contribution in [1.29, 1.82) is 0 Å². The van der Waals surface area contributed by atoms with E-state index in [0.717, 1.165) is 22.0 Å². The molecule has 0 saturated carbocycles. The lowest BCUT2D eigenvalue weighted by molar-refractivity contribution is -0.140. The molecule has 0 radical (unpaired) electrons. The van der Waals surface area contributed by atoms with Crippen LogP contribution in [0.1, 0.15) is 17.7 Å². The fraction of sp³-hybridized carbons (Fsp3) is 0.333. The number of nitrogens with two attached hydrogens (primary N) is 1. The molecule has 112 valence electrons. The number of ether oxygens (including phenoxy) is 1. The standard InChI is InChI=1S/C15H19N3O2S/c1-11-13(10-16)15(21-9-8-14(19)20-2)18(17-11)12-6-4-3-5-7-12/h3-7H,8-10,16H2,1-2H3. The van der Waals surface area contributed by atoms with E-state index in [1.165, 1.54) is 7.11 Å². The van der Waals surface area contributed by atoms with Gasteiger partial charge in [0.15, 0.2) is 0 Å². The van der Waals surface area contributed by atoms with E-state index >= 15 is 0 Å². The number of benzene rings is 1. The van der Waals surface area contributed by atoms with Crippen molar-refractivity contribution in [3.63, 3.8) is 0 Å². The van der Waals surface area contributed by atoms with E-state index in [4.69, 9.17) is 5.73 Å². The van der Waals surface area contributed by atoms with Crippen molar-refractivity contribution in [2.24, 2.45) is 5.73 Å². The Morgan fingerprint density at radius 3 is 2.71 bits per heavy atom. The van der Waals surface area contributed by atoms with Crippen LogP contribution in [0.4, 0.5) is 0 Å². The molecule has 0 aliphatic heterocycles. The largest absolute Gasteiger partial charge is 0.469 e. The summed E-state index contributed by atoms with van der Waals surface area (Å²) in [5, 5.41) is 5.56. The number of para-hydroxylation sites is 1. The van der Waals surface area contributed by atoms with Crippen molar-refractivity contribution in [3.8, 4) is 5.69 Å². The first kappa shape index (κ1) is 15.6. The molecule has 0 aliphatic carbocycles. The molecule has 1 aromatic heterocycles. The van der Waals surface area contributed by atoms with E-state index in [-0.39, 0.29) is 5.97 Å². The Labute approximate surface area is 128 Å². The molecule has 2 N–H and O–H groups in total. The number of hydrogen-bond acceptors (Lipinski definition) is 5. The molecule has 0 bridgehead atoms. The van der Waals surface area contributed by atoms with Crippen LogP contribution >= 0.6 is 11.8 Å². The molecule has 21 heavy (non-hydrogen) atoms. The van der Waals surface area contributed by atoms with Crippen LogP contribution in [0.15, 0.2) is 35.4 Å². The van der Waals surface area contributed by atoms with Gasteiger partial charge in [-0.15, -0.1) is 11.8 Å². The zero-order valence-electron chi connectivity index (χ0n) is 12.2. The molecule has 1 aromatic carbocycles. The first-order valence-electron chi connectivity index (χ1n) is 6.71. The lowest BCUT2D eigenvalue weighted by Gasteiger charge is -2.08. The summed E-state index contributed by atoms with van der Waals surface area (Å²) in [6.45, 7) is 2.38. The number of aryl methyl sites for hydroxylation is 1. The fourth-order valence-corrected chi connectivity index (χ4v) is 3.13. The van der Waals surface area contributed by atoms with Gasteiger partial charge in [-0.2, -0.15) is 5.10 Å². The average Bonchev–Trinajstić information content (AvgIpc) is 2.83. The SMILES string of the molecule is COC(=O)CCSc1c(CN)c(C)nn1-c1ccccc1. The first-order valence-corrected chi connectivity index (χ1v) is 7.69. The molecule has 6 heteroatoms. The summed E-state index contributed by atoms with van der Waals surface area (Å²) in [4.78, 5) is 11.2. The van der Waals surface area contributed by atoms with Crippen molar-refractivity contribution in [1.82, 2.24) is 9.78 Å². The molecule has 2 aromatic rings. The second-order valence-electron chi connectivity index (χ2n) is 4.50. The maximum Gasteiger partial charge on any atom is 0.306 e. The van der Waals surface area contributed by atoms with Gasteiger partial charge in [0.05, 0.1) is 24.9 Å². The molecule has 0 amide bonds. The van der Waals surface area contributed by atoms with E-state index in [1.54, 1.807) is 11.8 Å². The molecule has 5 nitrogen and oxygen atoms in total. The molecule has 0 unspecified atom stereocenters. The Balaban J connectivity index is 2.27. The molecule has 2 rings (SSSR count). The van der Waals surface area contributed by atoms with E-state index in [0.29, 0.717) is 18.7 Å². The number of aromatic nitrogens is 2. The Morgan fingerprint density at radius 2 is 2.10 bits per heavy atom. The Morgan fingerprint density at radius 1 is 1.38 bits per heavy atom. The molecule has 1 heterocycles. The number of carbonyl (C=O) groups is 1. The highest BCUT2D eigenvalue weighted by molar-refractivity contribution is 7.99. The second-order valence-corrected chi connectivity index (χ2v) is 5.58. The average molecular weight is 305 g/mol. The molecule has 0 saturated heterocycles. The maximum absolute atomic E-state index is 11.2. The molecule has 0 aliphatic rings. The summed E-state index contributed by atoms with van der Waals surface area (Å²) in [7, 11) is 1.40. The van der Waals surface area contributed by atoms with Gasteiger partial charge in [0, 0.05) is 17.9 Å². The Hall–Kier alpha value is -1.79. The van der Waals surface area contributed by atoms with Gasteiger partial charge < -0.3 is 10.5 Å². The van der Waals surface area contributed by atoms with Crippen LogP contribution in [0.2, 0.25) is 0 Å². The van der Waals surface area contributed by atoms with Gasteiger partial charge >= 0.3 is 5.97 Å². The summed E-state index contributed by atoms with van der Waals surface area (Å²) < 4.78 is 6.55. The summed E-state index contributed by atoms with van der Waals surface area (Å²) >= 11 is 1.58. The number of carbonyl (C=O) groups excluding carboxylic acids is 1. The minimum atomic E-state index is -0.209. The zero-order chi connectivity index (χ0) is 15.2. The van der Waals surface area contributed by atoms with Crippen LogP contribution in [0, 0.1) is 6.92 Å². The monoisotopic (exact) mass is 305 g/mol. The van der Waals surface area contributed by atoms with Crippen molar-refractivity contribution in [2.45, 2.75) is 24.9 Å². The summed E-state index contributed by atoms with van der Waals surface area (Å²) in [5.41, 5.74) is 8.77. The van der Waals surface area contributed by atoms with E-state index in [1.807, 2.05) is 41.9 Å². The number of esters is 1. The summed E-state index contributed by atoms with van der Waals surface area (Å²) in [6, 6.07) is 9.90. The normalized spacial score (nSPS) is 10.6. The van der Waals surface area contributed by atoms with Crippen molar-refractivity contribution in [2.75, 3.05) is 12.9 Å². The lowest BCUT2D eigenvalue weighted by Crippen LogP contribution is -2.04. The first-order chi connectivity index (χ1) is 10.2. The number of thioether (sulfide) groups is 1. The van der Waals surface area contributed by atoms with E-state index < -0.39 is 0 Å². The quantitative estimate of drug-likeness (QED) is 0.655. The van der Waals surface area contributed by atoms with Gasteiger partial charge in [-0.05, 0) is 19.1 Å². The zero-order valence-corrected chi connectivity index (χ0v) is 13.0. The van der Waals surface area contributed by atoms with E-state index in [9.17, 15) is 4.79 Å². The molecule has 0 fully saturated rings. The van der Waals surface area contributed by atoms with Crippen LogP contribution in [-0.2, 0) is 16.1 Å². The highest BCUT2D eigenvalue weighted by Crippen LogP contribution is 2.28. The van der Waals surface area contributed by atoms with Crippen LogP contribution in [-0.4, -0.2) is 28.6 Å². The van der Waals surface area contributed by atoms with Gasteiger partial charge in [-0.3, -0.25) is 4.79 Å². The van der Waals surface area contributed by atoms with Crippen LogP contribution in [0.3, 0.4) is 0 Å². The molecule has 0 atom stereocenters. The lowest BCUT2D eigenvalue weighted by atomic mass is 10.3.